The average Bonchev–Trinajstić information content (AvgIpc) is 2.86. The molecule has 0 aliphatic rings. The maximum Gasteiger partial charge on any atom is 0.472 e. The van der Waals surface area contributed by atoms with Gasteiger partial charge in [-0.05, 0) is 39.0 Å². The molecule has 0 saturated carbocycles. The van der Waals surface area contributed by atoms with Crippen LogP contribution in [0.4, 0.5) is 0 Å². The highest BCUT2D eigenvalue weighted by Crippen LogP contribution is 2.44. The van der Waals surface area contributed by atoms with E-state index in [0.29, 0.717) is 13.0 Å². The summed E-state index contributed by atoms with van der Waals surface area (Å²) in [6.07, 6.45) is 19.0. The van der Waals surface area contributed by atoms with Crippen molar-refractivity contribution in [1.29, 1.82) is 0 Å². The number of aliphatic carboxylic acids is 1. The quantitative estimate of drug-likeness (QED) is 0.0542. The second kappa shape index (κ2) is 23.8. The molecule has 0 radical (unpaired) electrons. The third-order valence-electron chi connectivity index (χ3n) is 5.60. The summed E-state index contributed by atoms with van der Waals surface area (Å²) in [5.74, 6) is -1.81. The Labute approximate surface area is 222 Å². The van der Waals surface area contributed by atoms with Crippen molar-refractivity contribution in [2.24, 2.45) is 5.73 Å². The summed E-state index contributed by atoms with van der Waals surface area (Å²) in [4.78, 5) is 32.5. The van der Waals surface area contributed by atoms with Gasteiger partial charge in [0.2, 0.25) is 0 Å². The SMILES string of the molecule is CCCCCCCCC=CCCCCCCCC(=O)OC[C@@H](COCC)OP(=O)(O)OC[C@H](N)C(=O)O. The van der Waals surface area contributed by atoms with Gasteiger partial charge in [-0.3, -0.25) is 18.6 Å². The van der Waals surface area contributed by atoms with Crippen LogP contribution in [-0.4, -0.2) is 60.5 Å². The molecule has 0 saturated heterocycles. The minimum absolute atomic E-state index is 0.101. The van der Waals surface area contributed by atoms with Gasteiger partial charge >= 0.3 is 19.8 Å². The van der Waals surface area contributed by atoms with Crippen LogP contribution in [0.2, 0.25) is 0 Å². The van der Waals surface area contributed by atoms with Crippen LogP contribution in [0.25, 0.3) is 0 Å². The summed E-state index contributed by atoms with van der Waals surface area (Å²) in [5.41, 5.74) is 5.25. The van der Waals surface area contributed by atoms with E-state index in [-0.39, 0.29) is 19.6 Å². The highest BCUT2D eigenvalue weighted by Gasteiger charge is 2.29. The summed E-state index contributed by atoms with van der Waals surface area (Å²) in [6.45, 7) is 3.19. The summed E-state index contributed by atoms with van der Waals surface area (Å²) in [7, 11) is -4.62. The monoisotopic (exact) mass is 551 g/mol. The van der Waals surface area contributed by atoms with Gasteiger partial charge in [-0.2, -0.15) is 0 Å². The first-order valence-electron chi connectivity index (χ1n) is 13.7. The van der Waals surface area contributed by atoms with Crippen LogP contribution in [0.1, 0.15) is 104 Å². The summed E-state index contributed by atoms with van der Waals surface area (Å²) in [5, 5.41) is 8.73. The van der Waals surface area contributed by atoms with Crippen LogP contribution in [0.3, 0.4) is 0 Å². The molecule has 0 rings (SSSR count). The molecule has 11 heteroatoms. The number of carboxylic acid groups (broad SMARTS) is 1. The number of hydrogen-bond acceptors (Lipinski definition) is 8. The Hall–Kier alpha value is -1.29. The number of allylic oxidation sites excluding steroid dienone is 2. The van der Waals surface area contributed by atoms with Crippen LogP contribution in [0, 0.1) is 0 Å². The minimum Gasteiger partial charge on any atom is -0.480 e. The summed E-state index contributed by atoms with van der Waals surface area (Å²) < 4.78 is 32.0. The van der Waals surface area contributed by atoms with Crippen molar-refractivity contribution in [3.63, 3.8) is 0 Å². The van der Waals surface area contributed by atoms with Gasteiger partial charge in [0.15, 0.2) is 0 Å². The number of ether oxygens (including phenoxy) is 2. The first-order valence-corrected chi connectivity index (χ1v) is 15.2. The van der Waals surface area contributed by atoms with E-state index in [1.165, 1.54) is 44.9 Å². The highest BCUT2D eigenvalue weighted by atomic mass is 31.2. The first-order chi connectivity index (χ1) is 17.7. The molecule has 0 spiro atoms. The van der Waals surface area contributed by atoms with E-state index in [1.54, 1.807) is 6.92 Å². The zero-order valence-corrected chi connectivity index (χ0v) is 23.7. The summed E-state index contributed by atoms with van der Waals surface area (Å²) >= 11 is 0. The van der Waals surface area contributed by atoms with Crippen molar-refractivity contribution in [2.75, 3.05) is 26.4 Å². The number of rotatable bonds is 26. The Balaban J connectivity index is 3.95. The zero-order valence-electron chi connectivity index (χ0n) is 22.8. The van der Waals surface area contributed by atoms with E-state index in [2.05, 4.69) is 23.6 Å². The van der Waals surface area contributed by atoms with Crippen LogP contribution in [0.5, 0.6) is 0 Å². The molecule has 0 aromatic carbocycles. The molecule has 0 bridgehead atoms. The van der Waals surface area contributed by atoms with E-state index in [1.807, 2.05) is 0 Å². The van der Waals surface area contributed by atoms with Crippen LogP contribution in [-0.2, 0) is 32.7 Å². The van der Waals surface area contributed by atoms with Gasteiger partial charge in [-0.1, -0.05) is 70.4 Å². The number of esters is 1. The number of phosphoric acid groups is 1. The number of nitrogens with two attached hydrogens (primary N) is 1. The molecule has 0 aliphatic carbocycles. The number of carbonyl (C=O) groups excluding carboxylic acids is 1. The average molecular weight is 552 g/mol. The van der Waals surface area contributed by atoms with Gasteiger partial charge in [-0.15, -0.1) is 0 Å². The Morgan fingerprint density at radius 3 is 2.00 bits per heavy atom. The van der Waals surface area contributed by atoms with E-state index >= 15 is 0 Å². The molecular weight excluding hydrogens is 501 g/mol. The molecule has 37 heavy (non-hydrogen) atoms. The number of hydrogen-bond donors (Lipinski definition) is 3. The fraction of sp³-hybridized carbons (Fsp3) is 0.846. The molecule has 3 atom stereocenters. The Kier molecular flexibility index (Phi) is 23.0. The molecule has 0 aromatic rings. The highest BCUT2D eigenvalue weighted by molar-refractivity contribution is 7.47. The second-order valence-corrected chi connectivity index (χ2v) is 10.5. The fourth-order valence-corrected chi connectivity index (χ4v) is 4.33. The van der Waals surface area contributed by atoms with Crippen molar-refractivity contribution in [3.05, 3.63) is 12.2 Å². The predicted molar refractivity (Wildman–Crippen MR) is 143 cm³/mol. The topological polar surface area (TPSA) is 155 Å². The second-order valence-electron chi connectivity index (χ2n) is 9.11. The molecule has 1 unspecified atom stereocenters. The molecule has 0 amide bonds. The molecule has 0 heterocycles. The van der Waals surface area contributed by atoms with Gasteiger partial charge in [0.05, 0.1) is 13.2 Å². The maximum atomic E-state index is 12.1. The third kappa shape index (κ3) is 23.6. The Morgan fingerprint density at radius 1 is 0.865 bits per heavy atom. The van der Waals surface area contributed by atoms with E-state index < -0.39 is 38.5 Å². The van der Waals surface area contributed by atoms with E-state index in [9.17, 15) is 19.0 Å². The van der Waals surface area contributed by atoms with Crippen molar-refractivity contribution >= 4 is 19.8 Å². The molecule has 218 valence electrons. The lowest BCUT2D eigenvalue weighted by atomic mass is 10.1. The maximum absolute atomic E-state index is 12.1. The van der Waals surface area contributed by atoms with Crippen LogP contribution < -0.4 is 5.73 Å². The largest absolute Gasteiger partial charge is 0.480 e. The van der Waals surface area contributed by atoms with Crippen molar-refractivity contribution < 1.29 is 42.7 Å². The lowest BCUT2D eigenvalue weighted by Crippen LogP contribution is -2.35. The third-order valence-corrected chi connectivity index (χ3v) is 6.64. The van der Waals surface area contributed by atoms with Crippen LogP contribution >= 0.6 is 7.82 Å². The van der Waals surface area contributed by atoms with Gasteiger partial charge in [0.25, 0.3) is 0 Å². The van der Waals surface area contributed by atoms with Crippen LogP contribution in [0.15, 0.2) is 12.2 Å². The fourth-order valence-electron chi connectivity index (χ4n) is 3.42. The van der Waals surface area contributed by atoms with Gasteiger partial charge in [0.1, 0.15) is 18.8 Å². The minimum atomic E-state index is -4.62. The lowest BCUT2D eigenvalue weighted by molar-refractivity contribution is -0.148. The van der Waals surface area contributed by atoms with Crippen molar-refractivity contribution in [3.8, 4) is 0 Å². The number of phosphoric ester groups is 1. The lowest BCUT2D eigenvalue weighted by Gasteiger charge is -2.21. The first kappa shape index (κ1) is 35.7. The molecule has 4 N–H and O–H groups in total. The Morgan fingerprint density at radius 2 is 1.43 bits per heavy atom. The molecule has 10 nitrogen and oxygen atoms in total. The molecule has 0 aliphatic heterocycles. The van der Waals surface area contributed by atoms with Gasteiger partial charge in [-0.25, -0.2) is 4.57 Å². The zero-order chi connectivity index (χ0) is 27.8. The van der Waals surface area contributed by atoms with E-state index in [0.717, 1.165) is 32.1 Å². The van der Waals surface area contributed by atoms with Crippen molar-refractivity contribution in [2.45, 2.75) is 116 Å². The molecular formula is C26H50NO9P. The standard InChI is InChI=1S/C26H50NO9P/c1-3-5-6-7-8-9-10-11-12-13-14-15-16-17-18-19-25(28)34-21-23(20-33-4-2)36-37(31,32)35-22-24(27)26(29)30/h11-12,23-24H,3-10,13-22,27H2,1-2H3,(H,29,30)(H,31,32)/t23-,24+/m1/s1. The normalized spacial score (nSPS) is 14.9. The van der Waals surface area contributed by atoms with Crippen molar-refractivity contribution in [1.82, 2.24) is 0 Å². The number of carboxylic acids is 1. The smallest absolute Gasteiger partial charge is 0.472 e. The number of unbranched alkanes of at least 4 members (excludes halogenated alkanes) is 11. The van der Waals surface area contributed by atoms with Gasteiger partial charge in [0, 0.05) is 13.0 Å². The molecule has 0 fully saturated rings. The van der Waals surface area contributed by atoms with Gasteiger partial charge < -0.3 is 25.2 Å². The van der Waals surface area contributed by atoms with E-state index in [4.69, 9.17) is 24.8 Å². The number of carbonyl (C=O) groups is 2. The molecule has 0 aromatic heterocycles. The summed E-state index contributed by atoms with van der Waals surface area (Å²) in [6, 6.07) is -1.47. The Bertz CT molecular complexity index is 660. The predicted octanol–water partition coefficient (Wildman–Crippen LogP) is 5.52.